The van der Waals surface area contributed by atoms with E-state index in [0.717, 1.165) is 36.1 Å². The van der Waals surface area contributed by atoms with E-state index in [0.29, 0.717) is 37.4 Å². The largest absolute Gasteiger partial charge is 0.497 e. The summed E-state index contributed by atoms with van der Waals surface area (Å²) in [5.74, 6) is 0.500. The van der Waals surface area contributed by atoms with Crippen molar-refractivity contribution in [3.05, 3.63) is 59.2 Å². The number of benzene rings is 2. The number of hydrogen-bond acceptors (Lipinski definition) is 6. The molecule has 5 rings (SSSR count). The van der Waals surface area contributed by atoms with Crippen LogP contribution >= 0.6 is 0 Å². The number of ether oxygens (including phenoxy) is 2. The van der Waals surface area contributed by atoms with E-state index >= 15 is 0 Å². The van der Waals surface area contributed by atoms with E-state index in [1.807, 2.05) is 49.1 Å². The van der Waals surface area contributed by atoms with Gasteiger partial charge in [0.2, 0.25) is 17.7 Å². The first-order valence-electron chi connectivity index (χ1n) is 13.5. The van der Waals surface area contributed by atoms with Gasteiger partial charge in [0.25, 0.3) is 5.91 Å². The Labute approximate surface area is 228 Å². The van der Waals surface area contributed by atoms with Crippen molar-refractivity contribution in [2.45, 2.75) is 70.0 Å². The fourth-order valence-corrected chi connectivity index (χ4v) is 5.76. The van der Waals surface area contributed by atoms with Gasteiger partial charge in [-0.15, -0.1) is 0 Å². The van der Waals surface area contributed by atoms with Crippen LogP contribution < -0.4 is 14.8 Å². The maximum Gasteiger partial charge on any atom is 0.255 e. The van der Waals surface area contributed by atoms with Crippen molar-refractivity contribution < 1.29 is 28.7 Å². The Balaban J connectivity index is 1.25. The highest BCUT2D eigenvalue weighted by molar-refractivity contribution is 6.05. The van der Waals surface area contributed by atoms with Gasteiger partial charge < -0.3 is 19.3 Å². The molecule has 3 aliphatic rings. The lowest BCUT2D eigenvalue weighted by atomic mass is 9.82. The molecule has 0 spiro atoms. The van der Waals surface area contributed by atoms with Crippen LogP contribution in [0.4, 0.5) is 0 Å². The zero-order valence-corrected chi connectivity index (χ0v) is 22.7. The number of methoxy groups -OCH3 is 1. The second-order valence-electron chi connectivity index (χ2n) is 11.0. The molecular formula is C30H35N3O6. The summed E-state index contributed by atoms with van der Waals surface area (Å²) >= 11 is 0. The molecule has 4 amide bonds. The number of nitrogens with zero attached hydrogens (tertiary/aromatic N) is 2. The van der Waals surface area contributed by atoms with Crippen molar-refractivity contribution in [3.8, 4) is 11.5 Å². The Hall–Kier alpha value is -3.88. The number of amides is 4. The van der Waals surface area contributed by atoms with E-state index in [2.05, 4.69) is 5.32 Å². The lowest BCUT2D eigenvalue weighted by molar-refractivity contribution is -0.141. The molecular weight excluding hydrogens is 498 g/mol. The van der Waals surface area contributed by atoms with Gasteiger partial charge in [0, 0.05) is 25.1 Å². The fraction of sp³-hybridized carbons (Fsp3) is 0.467. The number of hydrogen-bond donors (Lipinski definition) is 1. The number of likely N-dealkylation sites (tertiary alicyclic amines) is 1. The number of fused-ring (bicyclic) bond motifs is 1. The van der Waals surface area contributed by atoms with E-state index in [1.165, 1.54) is 4.90 Å². The van der Waals surface area contributed by atoms with Crippen LogP contribution in [-0.2, 0) is 26.3 Å². The van der Waals surface area contributed by atoms with Crippen molar-refractivity contribution in [3.63, 3.8) is 0 Å². The van der Waals surface area contributed by atoms with Crippen LogP contribution in [0.3, 0.4) is 0 Å². The smallest absolute Gasteiger partial charge is 0.255 e. The summed E-state index contributed by atoms with van der Waals surface area (Å²) in [7, 11) is 1.62. The van der Waals surface area contributed by atoms with E-state index in [-0.39, 0.29) is 30.2 Å². The third-order valence-corrected chi connectivity index (χ3v) is 8.17. The van der Waals surface area contributed by atoms with Gasteiger partial charge in [0.1, 0.15) is 24.1 Å². The van der Waals surface area contributed by atoms with Crippen LogP contribution in [0.15, 0.2) is 42.5 Å². The molecule has 9 heteroatoms. The Bertz CT molecular complexity index is 1290. The molecule has 2 aromatic rings. The highest BCUT2D eigenvalue weighted by Gasteiger charge is 2.40. The second kappa shape index (κ2) is 10.7. The lowest BCUT2D eigenvalue weighted by Gasteiger charge is -2.40. The molecule has 0 aliphatic carbocycles. The minimum absolute atomic E-state index is 0.0568. The molecule has 2 saturated heterocycles. The highest BCUT2D eigenvalue weighted by atomic mass is 16.5. The van der Waals surface area contributed by atoms with Gasteiger partial charge >= 0.3 is 0 Å². The van der Waals surface area contributed by atoms with E-state index in [1.54, 1.807) is 19.2 Å². The molecule has 39 heavy (non-hydrogen) atoms. The van der Waals surface area contributed by atoms with E-state index < -0.39 is 17.4 Å². The van der Waals surface area contributed by atoms with Crippen LogP contribution in [0.5, 0.6) is 11.5 Å². The van der Waals surface area contributed by atoms with Crippen molar-refractivity contribution in [1.82, 2.24) is 15.1 Å². The van der Waals surface area contributed by atoms with Gasteiger partial charge in [-0.05, 0) is 81.0 Å². The number of piperidine rings is 2. The third kappa shape index (κ3) is 5.22. The zero-order chi connectivity index (χ0) is 27.7. The molecule has 9 nitrogen and oxygen atoms in total. The first kappa shape index (κ1) is 26.7. The molecule has 1 N–H and O–H groups in total. The van der Waals surface area contributed by atoms with Crippen molar-refractivity contribution in [2.24, 2.45) is 0 Å². The number of carbonyl (C=O) groups excluding carboxylic acids is 4. The zero-order valence-electron chi connectivity index (χ0n) is 22.7. The van der Waals surface area contributed by atoms with Crippen LogP contribution in [0.25, 0.3) is 0 Å². The Morgan fingerprint density at radius 2 is 1.77 bits per heavy atom. The minimum atomic E-state index is -0.699. The Morgan fingerprint density at radius 1 is 1.03 bits per heavy atom. The van der Waals surface area contributed by atoms with Crippen LogP contribution in [0, 0.1) is 0 Å². The molecule has 0 bridgehead atoms. The molecule has 2 atom stereocenters. The summed E-state index contributed by atoms with van der Waals surface area (Å²) in [4.78, 5) is 54.1. The predicted octanol–water partition coefficient (Wildman–Crippen LogP) is 3.19. The number of rotatable bonds is 7. The molecule has 0 saturated carbocycles. The third-order valence-electron chi connectivity index (χ3n) is 8.17. The summed E-state index contributed by atoms with van der Waals surface area (Å²) in [5.41, 5.74) is 1.57. The van der Waals surface area contributed by atoms with Gasteiger partial charge in [-0.25, -0.2) is 0 Å². The van der Waals surface area contributed by atoms with E-state index in [4.69, 9.17) is 9.47 Å². The molecule has 2 fully saturated rings. The van der Waals surface area contributed by atoms with Gasteiger partial charge in [-0.3, -0.25) is 24.5 Å². The molecule has 3 heterocycles. The average Bonchev–Trinajstić information content (AvgIpc) is 3.26. The van der Waals surface area contributed by atoms with Crippen LogP contribution in [0.2, 0.25) is 0 Å². The van der Waals surface area contributed by atoms with Crippen molar-refractivity contribution in [1.29, 1.82) is 0 Å². The monoisotopic (exact) mass is 533 g/mol. The number of nitrogens with one attached hydrogen (secondary N) is 1. The molecule has 2 aromatic carbocycles. The Morgan fingerprint density at radius 3 is 2.49 bits per heavy atom. The molecule has 3 aliphatic heterocycles. The molecule has 2 unspecified atom stereocenters. The predicted molar refractivity (Wildman–Crippen MR) is 143 cm³/mol. The van der Waals surface area contributed by atoms with Crippen LogP contribution in [-0.4, -0.2) is 65.8 Å². The topological polar surface area (TPSA) is 105 Å². The highest BCUT2D eigenvalue weighted by Crippen LogP contribution is 2.32. The fourth-order valence-electron chi connectivity index (χ4n) is 5.76. The standard InChI is InChI=1S/C30H35N3O6/c1-30(2,20-7-9-22(38-3)10-8-20)29(37)32-15-5-4-6-21(32)18-39-23-11-12-24-19(16-23)17-33(28(24)36)25-13-14-26(34)31-27(25)35/h7-12,16,21,25H,4-6,13-15,17-18H2,1-3H3,(H,31,34,35). The minimum Gasteiger partial charge on any atom is -0.497 e. The lowest BCUT2D eigenvalue weighted by Crippen LogP contribution is -2.52. The Kier molecular flexibility index (Phi) is 7.34. The van der Waals surface area contributed by atoms with Gasteiger partial charge in [0.05, 0.1) is 18.6 Å². The van der Waals surface area contributed by atoms with Gasteiger partial charge in [-0.1, -0.05) is 12.1 Å². The first-order chi connectivity index (χ1) is 18.7. The van der Waals surface area contributed by atoms with Gasteiger partial charge in [-0.2, -0.15) is 0 Å². The second-order valence-corrected chi connectivity index (χ2v) is 11.0. The SMILES string of the molecule is COc1ccc(C(C)(C)C(=O)N2CCCCC2COc2ccc3c(c2)CN(C2CCC(=O)NC2=O)C3=O)cc1. The average molecular weight is 534 g/mol. The van der Waals surface area contributed by atoms with E-state index in [9.17, 15) is 19.2 Å². The summed E-state index contributed by atoms with van der Waals surface area (Å²) in [5, 5.41) is 2.33. The number of carbonyl (C=O) groups is 4. The number of imide groups is 1. The van der Waals surface area contributed by atoms with Crippen LogP contribution in [0.1, 0.15) is 67.4 Å². The molecule has 0 radical (unpaired) electrons. The quantitative estimate of drug-likeness (QED) is 0.548. The summed E-state index contributed by atoms with van der Waals surface area (Å²) < 4.78 is 11.5. The van der Waals surface area contributed by atoms with Crippen molar-refractivity contribution in [2.75, 3.05) is 20.3 Å². The summed E-state index contributed by atoms with van der Waals surface area (Å²) in [6.45, 7) is 5.24. The maximum absolute atomic E-state index is 13.8. The van der Waals surface area contributed by atoms with Gasteiger partial charge in [0.15, 0.2) is 0 Å². The molecule has 0 aromatic heterocycles. The summed E-state index contributed by atoms with van der Waals surface area (Å²) in [6.07, 6.45) is 3.39. The summed E-state index contributed by atoms with van der Waals surface area (Å²) in [6, 6.07) is 12.3. The normalized spacial score (nSPS) is 21.5. The van der Waals surface area contributed by atoms with Crippen molar-refractivity contribution >= 4 is 23.6 Å². The first-order valence-corrected chi connectivity index (χ1v) is 13.5. The molecule has 206 valence electrons. The maximum atomic E-state index is 13.8.